The standard InChI is InChI=1S/C11H10ClN3O2/c1-5-8(12)4-9-10(11(5)15(16)17)14-7(3)6(2)13-9/h4H,1-3H3. The highest BCUT2D eigenvalue weighted by atomic mass is 35.5. The zero-order valence-electron chi connectivity index (χ0n) is 9.61. The van der Waals surface area contributed by atoms with Crippen LogP contribution >= 0.6 is 11.6 Å². The van der Waals surface area contributed by atoms with Crippen LogP contribution in [0.2, 0.25) is 5.02 Å². The van der Waals surface area contributed by atoms with Crippen molar-refractivity contribution in [2.24, 2.45) is 0 Å². The Morgan fingerprint density at radius 1 is 1.24 bits per heavy atom. The van der Waals surface area contributed by atoms with Gasteiger partial charge in [0.1, 0.15) is 0 Å². The van der Waals surface area contributed by atoms with Gasteiger partial charge < -0.3 is 0 Å². The molecule has 0 aliphatic rings. The van der Waals surface area contributed by atoms with Crippen LogP contribution in [0, 0.1) is 30.9 Å². The monoisotopic (exact) mass is 251 g/mol. The first-order valence-corrected chi connectivity index (χ1v) is 5.38. The highest BCUT2D eigenvalue weighted by Crippen LogP contribution is 2.32. The molecular formula is C11H10ClN3O2. The Kier molecular flexibility index (Phi) is 2.71. The minimum Gasteiger partial charge on any atom is -0.258 e. The maximum atomic E-state index is 11.1. The number of nitro benzene ring substituents is 1. The van der Waals surface area contributed by atoms with E-state index < -0.39 is 4.92 Å². The van der Waals surface area contributed by atoms with Crippen molar-refractivity contribution in [3.8, 4) is 0 Å². The molecule has 1 heterocycles. The third-order valence-corrected chi connectivity index (χ3v) is 3.11. The SMILES string of the molecule is Cc1nc2cc(Cl)c(C)c([N+](=O)[O-])c2nc1C. The minimum atomic E-state index is -0.465. The van der Waals surface area contributed by atoms with Crippen LogP contribution in [0.5, 0.6) is 0 Å². The predicted octanol–water partition coefficient (Wildman–Crippen LogP) is 3.12. The normalized spacial score (nSPS) is 10.8. The molecule has 17 heavy (non-hydrogen) atoms. The Morgan fingerprint density at radius 2 is 1.82 bits per heavy atom. The smallest absolute Gasteiger partial charge is 0.258 e. The van der Waals surface area contributed by atoms with Gasteiger partial charge in [0.15, 0.2) is 5.52 Å². The minimum absolute atomic E-state index is 0.0666. The van der Waals surface area contributed by atoms with Crippen molar-refractivity contribution in [1.82, 2.24) is 9.97 Å². The zero-order chi connectivity index (χ0) is 12.7. The molecule has 5 nitrogen and oxygen atoms in total. The summed E-state index contributed by atoms with van der Waals surface area (Å²) in [4.78, 5) is 19.1. The number of hydrogen-bond donors (Lipinski definition) is 0. The Hall–Kier alpha value is -1.75. The summed E-state index contributed by atoms with van der Waals surface area (Å²) in [5.74, 6) is 0. The lowest BCUT2D eigenvalue weighted by Gasteiger charge is -2.06. The quantitative estimate of drug-likeness (QED) is 0.577. The average Bonchev–Trinajstić information content (AvgIpc) is 2.23. The second-order valence-corrected chi connectivity index (χ2v) is 4.26. The molecule has 88 valence electrons. The molecule has 0 saturated heterocycles. The van der Waals surface area contributed by atoms with Crippen LogP contribution in [0.15, 0.2) is 6.07 Å². The molecular weight excluding hydrogens is 242 g/mol. The van der Waals surface area contributed by atoms with Gasteiger partial charge in [-0.1, -0.05) is 11.6 Å². The molecule has 0 fully saturated rings. The van der Waals surface area contributed by atoms with E-state index in [-0.39, 0.29) is 5.69 Å². The molecule has 0 unspecified atom stereocenters. The third-order valence-electron chi connectivity index (χ3n) is 2.72. The van der Waals surface area contributed by atoms with E-state index in [0.717, 1.165) is 5.69 Å². The van der Waals surface area contributed by atoms with Gasteiger partial charge in [-0.25, -0.2) is 9.97 Å². The fourth-order valence-electron chi connectivity index (χ4n) is 1.64. The fraction of sp³-hybridized carbons (Fsp3) is 0.273. The molecule has 1 aromatic carbocycles. The van der Waals surface area contributed by atoms with Gasteiger partial charge in [0.2, 0.25) is 0 Å². The molecule has 0 bridgehead atoms. The summed E-state index contributed by atoms with van der Waals surface area (Å²) < 4.78 is 0. The van der Waals surface area contributed by atoms with Crippen molar-refractivity contribution in [3.63, 3.8) is 0 Å². The van der Waals surface area contributed by atoms with Gasteiger partial charge in [-0.3, -0.25) is 10.1 Å². The first-order chi connectivity index (χ1) is 7.91. The molecule has 0 spiro atoms. The molecule has 0 saturated carbocycles. The van der Waals surface area contributed by atoms with E-state index in [9.17, 15) is 10.1 Å². The van der Waals surface area contributed by atoms with Crippen molar-refractivity contribution >= 4 is 28.3 Å². The highest BCUT2D eigenvalue weighted by Gasteiger charge is 2.21. The lowest BCUT2D eigenvalue weighted by Crippen LogP contribution is -2.00. The van der Waals surface area contributed by atoms with Crippen molar-refractivity contribution in [2.75, 3.05) is 0 Å². The van der Waals surface area contributed by atoms with Crippen LogP contribution in [0.1, 0.15) is 17.0 Å². The first-order valence-electron chi connectivity index (χ1n) is 5.00. The Bertz CT molecular complexity index is 635. The van der Waals surface area contributed by atoms with Gasteiger partial charge in [-0.15, -0.1) is 0 Å². The van der Waals surface area contributed by atoms with Crippen molar-refractivity contribution in [2.45, 2.75) is 20.8 Å². The lowest BCUT2D eigenvalue weighted by molar-refractivity contribution is -0.383. The number of aryl methyl sites for hydroxylation is 2. The van der Waals surface area contributed by atoms with Gasteiger partial charge in [0.25, 0.3) is 0 Å². The van der Waals surface area contributed by atoms with E-state index in [1.807, 2.05) is 0 Å². The molecule has 0 radical (unpaired) electrons. The molecule has 6 heteroatoms. The van der Waals surface area contributed by atoms with Crippen molar-refractivity contribution < 1.29 is 4.92 Å². The van der Waals surface area contributed by atoms with Crippen LogP contribution in [0.3, 0.4) is 0 Å². The van der Waals surface area contributed by atoms with E-state index in [1.54, 1.807) is 26.8 Å². The summed E-state index contributed by atoms with van der Waals surface area (Å²) in [6, 6.07) is 1.61. The summed E-state index contributed by atoms with van der Waals surface area (Å²) in [6.45, 7) is 5.19. The number of rotatable bonds is 1. The third kappa shape index (κ3) is 1.82. The second kappa shape index (κ2) is 3.92. The number of benzene rings is 1. The van der Waals surface area contributed by atoms with E-state index in [2.05, 4.69) is 9.97 Å². The van der Waals surface area contributed by atoms with Crippen LogP contribution < -0.4 is 0 Å². The van der Waals surface area contributed by atoms with Crippen molar-refractivity contribution in [3.05, 3.63) is 38.2 Å². The maximum absolute atomic E-state index is 11.1. The summed E-state index contributed by atoms with van der Waals surface area (Å²) in [7, 11) is 0. The summed E-state index contributed by atoms with van der Waals surface area (Å²) in [5, 5.41) is 11.4. The molecule has 2 aromatic rings. The second-order valence-electron chi connectivity index (χ2n) is 3.85. The molecule has 0 aliphatic carbocycles. The largest absolute Gasteiger partial charge is 0.301 e. The summed E-state index contributed by atoms with van der Waals surface area (Å²) in [6.07, 6.45) is 0. The number of fused-ring (bicyclic) bond motifs is 1. The van der Waals surface area contributed by atoms with E-state index in [1.165, 1.54) is 0 Å². The lowest BCUT2D eigenvalue weighted by atomic mass is 10.1. The average molecular weight is 252 g/mol. The topological polar surface area (TPSA) is 68.9 Å². The van der Waals surface area contributed by atoms with Gasteiger partial charge in [-0.05, 0) is 26.8 Å². The fourth-order valence-corrected chi connectivity index (χ4v) is 1.83. The van der Waals surface area contributed by atoms with Crippen LogP contribution in [-0.4, -0.2) is 14.9 Å². The highest BCUT2D eigenvalue weighted by molar-refractivity contribution is 6.32. The number of nitrogens with zero attached hydrogens (tertiary/aromatic N) is 3. The molecule has 0 N–H and O–H groups in total. The van der Waals surface area contributed by atoms with E-state index in [4.69, 9.17) is 11.6 Å². The zero-order valence-corrected chi connectivity index (χ0v) is 10.4. The van der Waals surface area contributed by atoms with Crippen molar-refractivity contribution in [1.29, 1.82) is 0 Å². The summed E-state index contributed by atoms with van der Waals surface area (Å²) in [5.41, 5.74) is 2.52. The Labute approximate surface area is 103 Å². The van der Waals surface area contributed by atoms with Crippen LogP contribution in [0.25, 0.3) is 11.0 Å². The molecule has 1 aromatic heterocycles. The number of aromatic nitrogens is 2. The van der Waals surface area contributed by atoms with Crippen LogP contribution in [-0.2, 0) is 0 Å². The van der Waals surface area contributed by atoms with E-state index >= 15 is 0 Å². The molecule has 0 aliphatic heterocycles. The first kappa shape index (κ1) is 11.7. The van der Waals surface area contributed by atoms with Gasteiger partial charge in [0, 0.05) is 5.56 Å². The number of halogens is 1. The molecule has 2 rings (SSSR count). The van der Waals surface area contributed by atoms with Gasteiger partial charge in [-0.2, -0.15) is 0 Å². The Morgan fingerprint density at radius 3 is 2.41 bits per heavy atom. The van der Waals surface area contributed by atoms with Crippen LogP contribution in [0.4, 0.5) is 5.69 Å². The van der Waals surface area contributed by atoms with E-state index in [0.29, 0.717) is 27.3 Å². The van der Waals surface area contributed by atoms with Gasteiger partial charge >= 0.3 is 5.69 Å². The Balaban J connectivity index is 2.98. The molecule has 0 amide bonds. The number of nitro groups is 1. The maximum Gasteiger partial charge on any atom is 0.301 e. The number of hydrogen-bond acceptors (Lipinski definition) is 4. The predicted molar refractivity (Wildman–Crippen MR) is 65.4 cm³/mol. The van der Waals surface area contributed by atoms with Gasteiger partial charge in [0.05, 0.1) is 26.9 Å². The molecule has 0 atom stereocenters. The summed E-state index contributed by atoms with van der Waals surface area (Å²) >= 11 is 5.96.